The van der Waals surface area contributed by atoms with E-state index in [1.165, 1.54) is 6.42 Å². The number of likely N-dealkylation sites (tertiary alicyclic amines) is 1. The number of hydrogen-bond acceptors (Lipinski definition) is 5. The summed E-state index contributed by atoms with van der Waals surface area (Å²) in [5, 5.41) is 13.2. The predicted octanol–water partition coefficient (Wildman–Crippen LogP) is 4.18. The number of benzene rings is 2. The smallest absolute Gasteiger partial charge is 0.251 e. The maximum atomic E-state index is 13.3. The van der Waals surface area contributed by atoms with Crippen LogP contribution in [-0.2, 0) is 4.79 Å². The Kier molecular flexibility index (Phi) is 5.66. The predicted molar refractivity (Wildman–Crippen MR) is 124 cm³/mol. The van der Waals surface area contributed by atoms with Gasteiger partial charge in [0.1, 0.15) is 12.6 Å². The summed E-state index contributed by atoms with van der Waals surface area (Å²) < 4.78 is 1.77. The molecule has 2 aromatic carbocycles. The molecule has 0 aliphatic carbocycles. The highest BCUT2D eigenvalue weighted by Gasteiger charge is 2.34. The molecule has 1 aromatic heterocycles. The first-order chi connectivity index (χ1) is 15.6. The molecule has 1 amide bonds. The zero-order valence-electron chi connectivity index (χ0n) is 17.9. The Labute approximate surface area is 192 Å². The third-order valence-corrected chi connectivity index (χ3v) is 6.54. The van der Waals surface area contributed by atoms with Crippen molar-refractivity contribution in [2.24, 2.45) is 0 Å². The van der Waals surface area contributed by atoms with Gasteiger partial charge < -0.3 is 4.90 Å². The maximum absolute atomic E-state index is 13.3. The molecule has 0 saturated carbocycles. The fourth-order valence-electron chi connectivity index (χ4n) is 4.57. The van der Waals surface area contributed by atoms with Crippen LogP contribution in [0.15, 0.2) is 60.7 Å². The van der Waals surface area contributed by atoms with Crippen LogP contribution in [0, 0.1) is 0 Å². The Bertz CT molecular complexity index is 1130. The van der Waals surface area contributed by atoms with Crippen LogP contribution in [0.25, 0.3) is 5.70 Å². The summed E-state index contributed by atoms with van der Waals surface area (Å²) in [7, 11) is 0. The molecule has 0 radical (unpaired) electrons. The summed E-state index contributed by atoms with van der Waals surface area (Å²) in [5.74, 6) is 0.655. The summed E-state index contributed by atoms with van der Waals surface area (Å²) in [6.07, 6.45) is 5.39. The van der Waals surface area contributed by atoms with Gasteiger partial charge in [-0.1, -0.05) is 59.2 Å². The number of carbonyl (C=O) groups is 1. The molecule has 0 unspecified atom stereocenters. The topological polar surface area (TPSA) is 67.2 Å². The van der Waals surface area contributed by atoms with Gasteiger partial charge >= 0.3 is 0 Å². The minimum absolute atomic E-state index is 0.0959. The van der Waals surface area contributed by atoms with E-state index < -0.39 is 0 Å². The molecule has 3 aromatic rings. The molecular formula is C24H25ClN6O. The first kappa shape index (κ1) is 20.7. The fraction of sp³-hybridized carbons (Fsp3) is 0.333. The molecule has 3 heterocycles. The van der Waals surface area contributed by atoms with Crippen molar-refractivity contribution >= 4 is 29.2 Å². The van der Waals surface area contributed by atoms with Gasteiger partial charge in [0.05, 0.1) is 5.70 Å². The second kappa shape index (κ2) is 8.74. The van der Waals surface area contributed by atoms with Crippen LogP contribution < -0.4 is 4.90 Å². The lowest BCUT2D eigenvalue weighted by Crippen LogP contribution is -2.47. The van der Waals surface area contributed by atoms with E-state index in [0.29, 0.717) is 11.0 Å². The molecule has 32 heavy (non-hydrogen) atoms. The Morgan fingerprint density at radius 2 is 1.88 bits per heavy atom. The van der Waals surface area contributed by atoms with Gasteiger partial charge in [-0.05, 0) is 65.9 Å². The lowest BCUT2D eigenvalue weighted by molar-refractivity contribution is -0.132. The number of fused-ring (bicyclic) bond motifs is 1. The number of allylic oxidation sites excluding steroid dienone is 1. The average Bonchev–Trinajstić information content (AvgIpc) is 3.31. The van der Waals surface area contributed by atoms with Gasteiger partial charge in [-0.2, -0.15) is 4.68 Å². The van der Waals surface area contributed by atoms with Crippen molar-refractivity contribution in [1.29, 1.82) is 0 Å². The molecule has 164 valence electrons. The molecule has 0 N–H and O–H groups in total. The average molecular weight is 449 g/mol. The van der Waals surface area contributed by atoms with Gasteiger partial charge in [0, 0.05) is 17.6 Å². The Balaban J connectivity index is 1.55. The van der Waals surface area contributed by atoms with Gasteiger partial charge in [0.2, 0.25) is 5.91 Å². The van der Waals surface area contributed by atoms with Crippen molar-refractivity contribution < 1.29 is 4.79 Å². The number of halogens is 1. The van der Waals surface area contributed by atoms with Crippen molar-refractivity contribution in [2.75, 3.05) is 18.0 Å². The monoisotopic (exact) mass is 448 g/mol. The van der Waals surface area contributed by atoms with Crippen molar-refractivity contribution in [2.45, 2.75) is 38.3 Å². The lowest BCUT2D eigenvalue weighted by Gasteiger charge is -2.37. The molecule has 2 atom stereocenters. The van der Waals surface area contributed by atoms with Gasteiger partial charge in [-0.15, -0.1) is 0 Å². The number of nitrogens with zero attached hydrogens (tertiary/aromatic N) is 6. The summed E-state index contributed by atoms with van der Waals surface area (Å²) >= 11 is 6.11. The SMILES string of the molecule is C[C@@H]1CCCCN1C(=O)CN1C(c2ccccc2)=C[C@H](c2ccc(Cl)cc2)n2nnnc21. The number of tetrazole rings is 1. The number of aromatic nitrogens is 4. The summed E-state index contributed by atoms with van der Waals surface area (Å²) in [6, 6.07) is 17.8. The Morgan fingerprint density at radius 3 is 2.62 bits per heavy atom. The van der Waals surface area contributed by atoms with Gasteiger partial charge in [-0.3, -0.25) is 9.69 Å². The molecule has 0 spiro atoms. The zero-order valence-corrected chi connectivity index (χ0v) is 18.7. The summed E-state index contributed by atoms with van der Waals surface area (Å²) in [5.41, 5.74) is 2.96. The number of carbonyl (C=O) groups excluding carboxylic acids is 1. The van der Waals surface area contributed by atoms with Crippen molar-refractivity contribution in [3.63, 3.8) is 0 Å². The van der Waals surface area contributed by atoms with Gasteiger partial charge in [0.25, 0.3) is 5.95 Å². The molecular weight excluding hydrogens is 424 g/mol. The third-order valence-electron chi connectivity index (χ3n) is 6.28. The van der Waals surface area contributed by atoms with Crippen LogP contribution in [0.4, 0.5) is 5.95 Å². The van der Waals surface area contributed by atoms with Crippen LogP contribution in [0.3, 0.4) is 0 Å². The van der Waals surface area contributed by atoms with E-state index in [4.69, 9.17) is 11.6 Å². The van der Waals surface area contributed by atoms with Gasteiger partial charge in [-0.25, -0.2) is 0 Å². The van der Waals surface area contributed by atoms with Crippen molar-refractivity contribution in [3.8, 4) is 0 Å². The maximum Gasteiger partial charge on any atom is 0.251 e. The van der Waals surface area contributed by atoms with E-state index in [1.54, 1.807) is 4.68 Å². The largest absolute Gasteiger partial charge is 0.338 e. The van der Waals surface area contributed by atoms with E-state index in [1.807, 2.05) is 64.4 Å². The highest BCUT2D eigenvalue weighted by molar-refractivity contribution is 6.30. The summed E-state index contributed by atoms with van der Waals surface area (Å²) in [6.45, 7) is 3.12. The second-order valence-electron chi connectivity index (χ2n) is 8.36. The molecule has 0 bridgehead atoms. The number of hydrogen-bond donors (Lipinski definition) is 0. The lowest BCUT2D eigenvalue weighted by atomic mass is 10.0. The molecule has 2 aliphatic rings. The van der Waals surface area contributed by atoms with E-state index in [0.717, 1.165) is 36.2 Å². The summed E-state index contributed by atoms with van der Waals surface area (Å²) in [4.78, 5) is 17.3. The highest BCUT2D eigenvalue weighted by Crippen LogP contribution is 2.36. The zero-order chi connectivity index (χ0) is 22.1. The first-order valence-electron chi connectivity index (χ1n) is 11.0. The fourth-order valence-corrected chi connectivity index (χ4v) is 4.70. The molecule has 2 aliphatic heterocycles. The van der Waals surface area contributed by atoms with E-state index in [9.17, 15) is 4.79 Å². The van der Waals surface area contributed by atoms with E-state index in [-0.39, 0.29) is 24.5 Å². The quantitative estimate of drug-likeness (QED) is 0.599. The van der Waals surface area contributed by atoms with E-state index in [2.05, 4.69) is 28.5 Å². The van der Waals surface area contributed by atoms with Crippen LogP contribution in [-0.4, -0.2) is 50.1 Å². The third kappa shape index (κ3) is 3.88. The Morgan fingerprint density at radius 1 is 1.09 bits per heavy atom. The number of rotatable bonds is 4. The second-order valence-corrected chi connectivity index (χ2v) is 8.79. The number of anilines is 1. The van der Waals surface area contributed by atoms with Crippen molar-refractivity contribution in [1.82, 2.24) is 25.1 Å². The number of piperidine rings is 1. The molecule has 1 fully saturated rings. The first-order valence-corrected chi connectivity index (χ1v) is 11.4. The normalized spacial score (nSPS) is 20.6. The van der Waals surface area contributed by atoms with Crippen LogP contribution >= 0.6 is 11.6 Å². The van der Waals surface area contributed by atoms with Crippen LogP contribution in [0.2, 0.25) is 5.02 Å². The molecule has 1 saturated heterocycles. The minimum Gasteiger partial charge on any atom is -0.338 e. The van der Waals surface area contributed by atoms with Gasteiger partial charge in [0.15, 0.2) is 0 Å². The molecule has 5 rings (SSSR count). The molecule has 8 heteroatoms. The van der Waals surface area contributed by atoms with Crippen LogP contribution in [0.5, 0.6) is 0 Å². The highest BCUT2D eigenvalue weighted by atomic mass is 35.5. The van der Waals surface area contributed by atoms with Crippen LogP contribution in [0.1, 0.15) is 43.4 Å². The van der Waals surface area contributed by atoms with Crippen molar-refractivity contribution in [3.05, 3.63) is 76.8 Å². The molecule has 7 nitrogen and oxygen atoms in total. The minimum atomic E-state index is -0.201. The standard InChI is InChI=1S/C24H25ClN6O/c1-17-7-5-6-14-29(17)23(32)16-30-21(18-8-3-2-4-9-18)15-22(31-24(30)26-27-28-31)19-10-12-20(25)13-11-19/h2-4,8-13,15,17,22H,5-7,14,16H2,1H3/t17-,22-/m1/s1. The number of amides is 1. The van der Waals surface area contributed by atoms with E-state index >= 15 is 0 Å². The Hall–Kier alpha value is -3.19.